The number of thioether (sulfide) groups is 1. The summed E-state index contributed by atoms with van der Waals surface area (Å²) < 4.78 is 12.9. The van der Waals surface area contributed by atoms with Gasteiger partial charge in [0.1, 0.15) is 5.82 Å². The molecule has 0 unspecified atom stereocenters. The molecule has 0 saturated heterocycles. The minimum absolute atomic E-state index is 0.0714. The molecule has 0 bridgehead atoms. The van der Waals surface area contributed by atoms with E-state index in [-0.39, 0.29) is 28.8 Å². The summed E-state index contributed by atoms with van der Waals surface area (Å²) in [4.78, 5) is 14.3. The van der Waals surface area contributed by atoms with E-state index in [1.807, 2.05) is 0 Å². The number of H-pyrrole nitrogens is 1. The molecule has 0 aliphatic carbocycles. The van der Waals surface area contributed by atoms with Gasteiger partial charge in [-0.3, -0.25) is 10.1 Å². The minimum atomic E-state index is -0.592. The van der Waals surface area contributed by atoms with Crippen molar-refractivity contribution >= 4 is 29.6 Å². The van der Waals surface area contributed by atoms with Gasteiger partial charge in [-0.05, 0) is 23.3 Å². The van der Waals surface area contributed by atoms with Gasteiger partial charge in [0.15, 0.2) is 0 Å². The molecular formula is C16H12FN6O3S-. The molecule has 0 amide bonds. The number of nitro groups is 1. The third-order valence-corrected chi connectivity index (χ3v) is 4.24. The Bertz CT molecular complexity index is 977. The molecule has 0 aliphatic heterocycles. The number of aromatic nitrogens is 3. The van der Waals surface area contributed by atoms with Gasteiger partial charge in [-0.15, -0.1) is 5.10 Å². The first-order valence-corrected chi connectivity index (χ1v) is 8.54. The molecule has 0 atom stereocenters. The monoisotopic (exact) mass is 387 g/mol. The second kappa shape index (κ2) is 8.27. The van der Waals surface area contributed by atoms with Crippen molar-refractivity contribution in [3.8, 4) is 5.75 Å². The van der Waals surface area contributed by atoms with Crippen LogP contribution in [-0.2, 0) is 5.75 Å². The lowest BCUT2D eigenvalue weighted by Crippen LogP contribution is -1.99. The van der Waals surface area contributed by atoms with Gasteiger partial charge < -0.3 is 5.11 Å². The number of hydrazone groups is 1. The summed E-state index contributed by atoms with van der Waals surface area (Å²) >= 11 is 1.34. The molecule has 0 spiro atoms. The predicted molar refractivity (Wildman–Crippen MR) is 96.1 cm³/mol. The molecule has 0 fully saturated rings. The summed E-state index contributed by atoms with van der Waals surface area (Å²) in [6.07, 6.45) is 1.17. The lowest BCUT2D eigenvalue weighted by Gasteiger charge is -2.08. The first-order chi connectivity index (χ1) is 13.0. The van der Waals surface area contributed by atoms with E-state index in [1.54, 1.807) is 12.1 Å². The van der Waals surface area contributed by atoms with Crippen LogP contribution >= 0.6 is 11.8 Å². The maximum atomic E-state index is 12.9. The topological polar surface area (TPSA) is 132 Å². The summed E-state index contributed by atoms with van der Waals surface area (Å²) in [6.45, 7) is 0. The molecule has 9 nitrogen and oxygen atoms in total. The largest absolute Gasteiger partial charge is 0.872 e. The Morgan fingerprint density at radius 2 is 2.07 bits per heavy atom. The molecule has 0 saturated carbocycles. The van der Waals surface area contributed by atoms with Crippen LogP contribution in [0.1, 0.15) is 11.1 Å². The minimum Gasteiger partial charge on any atom is -0.872 e. The highest BCUT2D eigenvalue weighted by molar-refractivity contribution is 7.98. The standard InChI is InChI=1S/C16H13FN6O3S/c17-12-3-1-10(2-4-12)9-27-16-19-15(21-22-16)20-18-8-11-7-13(23(25)26)5-6-14(11)24/h1-8,24H,9H2,(H2,19,20,21,22)/p-1/b18-8-. The Hall–Kier alpha value is -3.47. The summed E-state index contributed by atoms with van der Waals surface area (Å²) in [5.41, 5.74) is 3.36. The lowest BCUT2D eigenvalue weighted by atomic mass is 10.2. The Morgan fingerprint density at radius 3 is 2.81 bits per heavy atom. The zero-order valence-electron chi connectivity index (χ0n) is 13.6. The Morgan fingerprint density at radius 1 is 1.30 bits per heavy atom. The van der Waals surface area contributed by atoms with Crippen LogP contribution in [0.25, 0.3) is 0 Å². The van der Waals surface area contributed by atoms with Crippen LogP contribution in [-0.4, -0.2) is 26.3 Å². The Kier molecular flexibility index (Phi) is 5.61. The molecule has 1 heterocycles. The highest BCUT2D eigenvalue weighted by Gasteiger charge is 2.06. The van der Waals surface area contributed by atoms with E-state index >= 15 is 0 Å². The SMILES string of the molecule is O=[N+]([O-])c1ccc([O-])c(/C=N\Nc2nc(SCc3ccc(F)cc3)n[nH]2)c1. The van der Waals surface area contributed by atoms with Gasteiger partial charge >= 0.3 is 0 Å². The maximum absolute atomic E-state index is 12.9. The van der Waals surface area contributed by atoms with E-state index in [2.05, 4.69) is 25.7 Å². The molecule has 3 rings (SSSR count). The van der Waals surface area contributed by atoms with Crippen molar-refractivity contribution in [2.75, 3.05) is 5.43 Å². The molecule has 2 aromatic carbocycles. The zero-order valence-corrected chi connectivity index (χ0v) is 14.4. The number of hydrogen-bond acceptors (Lipinski definition) is 8. The number of aromatic amines is 1. The van der Waals surface area contributed by atoms with Gasteiger partial charge in [0, 0.05) is 17.9 Å². The molecule has 138 valence electrons. The molecule has 3 aromatic rings. The smallest absolute Gasteiger partial charge is 0.270 e. The summed E-state index contributed by atoms with van der Waals surface area (Å²) in [5.74, 6) is 0.120. The van der Waals surface area contributed by atoms with Gasteiger partial charge in [0.25, 0.3) is 5.69 Å². The van der Waals surface area contributed by atoms with Crippen LogP contribution in [0.5, 0.6) is 5.75 Å². The van der Waals surface area contributed by atoms with Crippen LogP contribution < -0.4 is 10.5 Å². The highest BCUT2D eigenvalue weighted by atomic mass is 32.2. The van der Waals surface area contributed by atoms with E-state index in [4.69, 9.17) is 0 Å². The number of halogens is 1. The second-order valence-corrected chi connectivity index (χ2v) is 6.17. The molecule has 11 heteroatoms. The summed E-state index contributed by atoms with van der Waals surface area (Å²) in [7, 11) is 0. The van der Waals surface area contributed by atoms with Gasteiger partial charge in [-0.25, -0.2) is 14.9 Å². The zero-order chi connectivity index (χ0) is 19.2. The van der Waals surface area contributed by atoms with Crippen molar-refractivity contribution in [1.29, 1.82) is 0 Å². The fourth-order valence-corrected chi connectivity index (χ4v) is 2.76. The van der Waals surface area contributed by atoms with Crippen molar-refractivity contribution in [2.24, 2.45) is 5.10 Å². The van der Waals surface area contributed by atoms with Crippen molar-refractivity contribution in [2.45, 2.75) is 10.9 Å². The average molecular weight is 387 g/mol. The van der Waals surface area contributed by atoms with Gasteiger partial charge in [-0.2, -0.15) is 10.1 Å². The van der Waals surface area contributed by atoms with Crippen molar-refractivity contribution in [3.63, 3.8) is 0 Å². The quantitative estimate of drug-likeness (QED) is 0.276. The fourth-order valence-electron chi connectivity index (χ4n) is 2.00. The second-order valence-electron chi connectivity index (χ2n) is 5.23. The number of nitrogens with one attached hydrogen (secondary N) is 2. The number of benzene rings is 2. The maximum Gasteiger partial charge on any atom is 0.270 e. The molecule has 2 N–H and O–H groups in total. The Balaban J connectivity index is 1.58. The molecule has 0 radical (unpaired) electrons. The first-order valence-electron chi connectivity index (χ1n) is 7.55. The van der Waals surface area contributed by atoms with Crippen molar-refractivity contribution in [3.05, 3.63) is 69.5 Å². The Labute approximate surface area is 156 Å². The van der Waals surface area contributed by atoms with E-state index < -0.39 is 4.92 Å². The van der Waals surface area contributed by atoms with E-state index in [9.17, 15) is 19.6 Å². The number of nitrogens with zero attached hydrogens (tertiary/aromatic N) is 4. The van der Waals surface area contributed by atoms with Crippen LogP contribution in [0.15, 0.2) is 52.7 Å². The summed E-state index contributed by atoms with van der Waals surface area (Å²) in [5, 5.41) is 33.3. The van der Waals surface area contributed by atoms with Crippen molar-refractivity contribution in [1.82, 2.24) is 15.2 Å². The highest BCUT2D eigenvalue weighted by Crippen LogP contribution is 2.21. The number of rotatable bonds is 7. The molecular weight excluding hydrogens is 375 g/mol. The average Bonchev–Trinajstić information content (AvgIpc) is 3.10. The predicted octanol–water partition coefficient (Wildman–Crippen LogP) is 2.66. The number of hydrogen-bond donors (Lipinski definition) is 2. The molecule has 27 heavy (non-hydrogen) atoms. The van der Waals surface area contributed by atoms with Crippen molar-refractivity contribution < 1.29 is 14.4 Å². The molecule has 1 aromatic heterocycles. The number of non-ortho nitro benzene ring substituents is 1. The van der Waals surface area contributed by atoms with Crippen LogP contribution in [0.3, 0.4) is 0 Å². The first kappa shape index (κ1) is 18.3. The number of anilines is 1. The lowest BCUT2D eigenvalue weighted by molar-refractivity contribution is -0.385. The third-order valence-electron chi connectivity index (χ3n) is 3.32. The third kappa shape index (κ3) is 5.01. The molecule has 0 aliphatic rings. The van der Waals surface area contributed by atoms with E-state index in [0.717, 1.165) is 23.8 Å². The van der Waals surface area contributed by atoms with Gasteiger partial charge in [0.05, 0.1) is 11.1 Å². The number of nitro benzene ring substituents is 1. The van der Waals surface area contributed by atoms with Gasteiger partial charge in [-0.1, -0.05) is 35.7 Å². The summed E-state index contributed by atoms with van der Waals surface area (Å²) in [6, 6.07) is 9.50. The van der Waals surface area contributed by atoms with Crippen LogP contribution in [0.2, 0.25) is 0 Å². The van der Waals surface area contributed by atoms with Crippen LogP contribution in [0.4, 0.5) is 16.0 Å². The van der Waals surface area contributed by atoms with Gasteiger partial charge in [0.2, 0.25) is 11.1 Å². The van der Waals surface area contributed by atoms with E-state index in [1.165, 1.54) is 30.1 Å². The van der Waals surface area contributed by atoms with Crippen LogP contribution in [0, 0.1) is 15.9 Å². The van der Waals surface area contributed by atoms with E-state index in [0.29, 0.717) is 10.9 Å². The normalized spacial score (nSPS) is 11.0. The fraction of sp³-hybridized carbons (Fsp3) is 0.0625.